The molecule has 0 amide bonds. The molecule has 0 atom stereocenters. The van der Waals surface area contributed by atoms with Crippen LogP contribution in [0.1, 0.15) is 27.7 Å². The van der Waals surface area contributed by atoms with Crippen LogP contribution < -0.4 is 9.39 Å². The third-order valence-corrected chi connectivity index (χ3v) is 4.90. The average molecular weight is 368 g/mol. The molecule has 2 aromatic carbocycles. The van der Waals surface area contributed by atoms with Gasteiger partial charge in [0.15, 0.2) is 17.5 Å². The van der Waals surface area contributed by atoms with Crippen molar-refractivity contribution in [1.29, 1.82) is 0 Å². The lowest BCUT2D eigenvalue weighted by Gasteiger charge is -2.54. The molecule has 1 heterocycles. The van der Waals surface area contributed by atoms with Gasteiger partial charge >= 0.3 is 7.12 Å². The number of halogens is 4. The maximum atomic E-state index is 14.3. The molecule has 3 nitrogen and oxygen atoms in total. The molecule has 0 aromatic heterocycles. The van der Waals surface area contributed by atoms with Crippen LogP contribution in [0.5, 0.6) is 17.2 Å². The summed E-state index contributed by atoms with van der Waals surface area (Å²) in [5, 5.41) is -0.345. The van der Waals surface area contributed by atoms with Crippen LogP contribution in [0.3, 0.4) is 0 Å². The summed E-state index contributed by atoms with van der Waals surface area (Å²) in [6.07, 6.45) is 0. The van der Waals surface area contributed by atoms with Crippen molar-refractivity contribution in [3.63, 3.8) is 0 Å². The summed E-state index contributed by atoms with van der Waals surface area (Å²) in [6.45, 7) is 7.68. The van der Waals surface area contributed by atoms with Crippen molar-refractivity contribution in [1.82, 2.24) is 0 Å². The molecule has 0 saturated carbocycles. The summed E-state index contributed by atoms with van der Waals surface area (Å²) in [7, 11) is -0.642. The molecule has 0 radical (unpaired) electrons. The van der Waals surface area contributed by atoms with Crippen LogP contribution >= 0.6 is 0 Å². The molecular formula is C18H17BF4O3. The van der Waals surface area contributed by atoms with E-state index in [0.29, 0.717) is 6.07 Å². The van der Waals surface area contributed by atoms with Crippen LogP contribution in [0.4, 0.5) is 17.6 Å². The van der Waals surface area contributed by atoms with Crippen molar-refractivity contribution in [2.24, 2.45) is 0 Å². The quantitative estimate of drug-likeness (QED) is 0.406. The van der Waals surface area contributed by atoms with Crippen LogP contribution in [0.15, 0.2) is 30.3 Å². The van der Waals surface area contributed by atoms with Gasteiger partial charge in [-0.3, -0.25) is 0 Å². The smallest absolute Gasteiger partial charge is 0.534 e. The van der Waals surface area contributed by atoms with Gasteiger partial charge in [0, 0.05) is 11.4 Å². The van der Waals surface area contributed by atoms with Gasteiger partial charge < -0.3 is 14.0 Å². The zero-order valence-corrected chi connectivity index (χ0v) is 14.7. The summed E-state index contributed by atoms with van der Waals surface area (Å²) in [5.74, 6) is -5.89. The first kappa shape index (κ1) is 18.6. The standard InChI is InChI=1S/C18H17BF4O3/c1-17(2)18(3,4)26-19(17)25-14-8-5-10(9-13(14)22)24-16-12(21)7-6-11(20)15(16)23/h5-9H,1-4H3. The molecule has 138 valence electrons. The summed E-state index contributed by atoms with van der Waals surface area (Å²) in [6, 6.07) is 4.77. The van der Waals surface area contributed by atoms with Crippen LogP contribution in [0.25, 0.3) is 0 Å². The largest absolute Gasteiger partial charge is 0.534 e. The molecular weight excluding hydrogens is 351 g/mol. The second kappa shape index (κ2) is 6.19. The van der Waals surface area contributed by atoms with E-state index >= 15 is 0 Å². The van der Waals surface area contributed by atoms with Gasteiger partial charge in [0.25, 0.3) is 0 Å². The second-order valence-corrected chi connectivity index (χ2v) is 7.17. The van der Waals surface area contributed by atoms with Gasteiger partial charge in [-0.2, -0.15) is 4.39 Å². The minimum absolute atomic E-state index is 0.0916. The van der Waals surface area contributed by atoms with E-state index in [0.717, 1.165) is 12.1 Å². The molecule has 0 bridgehead atoms. The molecule has 26 heavy (non-hydrogen) atoms. The van der Waals surface area contributed by atoms with E-state index in [9.17, 15) is 17.6 Å². The number of hydrogen-bond acceptors (Lipinski definition) is 3. The maximum Gasteiger partial charge on any atom is 0.534 e. The molecule has 2 aromatic rings. The van der Waals surface area contributed by atoms with Crippen molar-refractivity contribution in [3.8, 4) is 17.2 Å². The third kappa shape index (κ3) is 3.02. The number of hydrogen-bond donors (Lipinski definition) is 0. The Labute approximate surface area is 149 Å². The normalized spacial score (nSPS) is 17.6. The highest BCUT2D eigenvalue weighted by Crippen LogP contribution is 2.53. The molecule has 1 aliphatic rings. The summed E-state index contributed by atoms with van der Waals surface area (Å²) in [5.41, 5.74) is -0.413. The predicted molar refractivity (Wildman–Crippen MR) is 88.4 cm³/mol. The molecule has 1 fully saturated rings. The Kier molecular flexibility index (Phi) is 4.42. The minimum atomic E-state index is -1.49. The van der Waals surface area contributed by atoms with Gasteiger partial charge in [0.05, 0.1) is 5.60 Å². The zero-order valence-electron chi connectivity index (χ0n) is 14.7. The second-order valence-electron chi connectivity index (χ2n) is 7.17. The van der Waals surface area contributed by atoms with Crippen LogP contribution in [0.2, 0.25) is 5.31 Å². The van der Waals surface area contributed by atoms with E-state index in [1.165, 1.54) is 12.1 Å². The maximum absolute atomic E-state index is 14.3. The van der Waals surface area contributed by atoms with Gasteiger partial charge in [-0.1, -0.05) is 13.8 Å². The Morgan fingerprint density at radius 1 is 0.885 bits per heavy atom. The van der Waals surface area contributed by atoms with Gasteiger partial charge in [-0.25, -0.2) is 13.2 Å². The number of ether oxygens (including phenoxy) is 1. The van der Waals surface area contributed by atoms with Crippen LogP contribution in [-0.2, 0) is 4.65 Å². The molecule has 0 spiro atoms. The van der Waals surface area contributed by atoms with Crippen molar-refractivity contribution in [2.45, 2.75) is 38.6 Å². The molecule has 0 unspecified atom stereocenters. The van der Waals surface area contributed by atoms with E-state index < -0.39 is 41.7 Å². The van der Waals surface area contributed by atoms with E-state index in [4.69, 9.17) is 14.0 Å². The predicted octanol–water partition coefficient (Wildman–Crippen LogP) is 5.49. The third-order valence-electron chi connectivity index (χ3n) is 4.90. The molecule has 1 saturated heterocycles. The Hall–Kier alpha value is -2.22. The van der Waals surface area contributed by atoms with Crippen molar-refractivity contribution < 1.29 is 31.6 Å². The zero-order chi connectivity index (χ0) is 19.3. The summed E-state index contributed by atoms with van der Waals surface area (Å²) < 4.78 is 70.8. The van der Waals surface area contributed by atoms with E-state index in [-0.39, 0.29) is 16.8 Å². The van der Waals surface area contributed by atoms with Gasteiger partial charge in [0.1, 0.15) is 11.5 Å². The fourth-order valence-corrected chi connectivity index (χ4v) is 2.44. The van der Waals surface area contributed by atoms with E-state index in [2.05, 4.69) is 0 Å². The summed E-state index contributed by atoms with van der Waals surface area (Å²) >= 11 is 0. The monoisotopic (exact) mass is 368 g/mol. The molecule has 0 aliphatic carbocycles. The highest BCUT2D eigenvalue weighted by atomic mass is 19.2. The van der Waals surface area contributed by atoms with Crippen LogP contribution in [-0.4, -0.2) is 12.7 Å². The minimum Gasteiger partial charge on any atom is -0.534 e. The average Bonchev–Trinajstić information content (AvgIpc) is 2.56. The van der Waals surface area contributed by atoms with Gasteiger partial charge in [0.2, 0.25) is 11.6 Å². The van der Waals surface area contributed by atoms with Gasteiger partial charge in [-0.05, 0) is 38.1 Å². The number of rotatable bonds is 4. The van der Waals surface area contributed by atoms with E-state index in [1.807, 2.05) is 27.7 Å². The van der Waals surface area contributed by atoms with Crippen LogP contribution in [0, 0.1) is 23.3 Å². The topological polar surface area (TPSA) is 27.7 Å². The van der Waals surface area contributed by atoms with Gasteiger partial charge in [-0.15, -0.1) is 0 Å². The van der Waals surface area contributed by atoms with Crippen molar-refractivity contribution in [2.75, 3.05) is 0 Å². The highest BCUT2D eigenvalue weighted by Gasteiger charge is 2.63. The lowest BCUT2D eigenvalue weighted by molar-refractivity contribution is -0.0416. The first-order chi connectivity index (χ1) is 12.0. The first-order valence-electron chi connectivity index (χ1n) is 7.98. The van der Waals surface area contributed by atoms with Crippen molar-refractivity contribution in [3.05, 3.63) is 53.6 Å². The Morgan fingerprint density at radius 2 is 1.54 bits per heavy atom. The molecule has 1 aliphatic heterocycles. The molecule has 8 heteroatoms. The fraction of sp³-hybridized carbons (Fsp3) is 0.333. The van der Waals surface area contributed by atoms with Crippen molar-refractivity contribution >= 4 is 7.12 Å². The molecule has 0 N–H and O–H groups in total. The highest BCUT2D eigenvalue weighted by molar-refractivity contribution is 6.53. The fourth-order valence-electron chi connectivity index (χ4n) is 2.44. The Bertz CT molecular complexity index is 855. The lowest BCUT2D eigenvalue weighted by atomic mass is 9.45. The molecule has 3 rings (SSSR count). The lowest BCUT2D eigenvalue weighted by Crippen LogP contribution is -2.64. The van der Waals surface area contributed by atoms with E-state index in [1.54, 1.807) is 0 Å². The number of benzene rings is 2. The Morgan fingerprint density at radius 3 is 2.12 bits per heavy atom. The Balaban J connectivity index is 1.78. The SMILES string of the molecule is CC1(C)OB(Oc2ccc(Oc3c(F)ccc(F)c3F)cc2F)C1(C)C. The first-order valence-corrected chi connectivity index (χ1v) is 7.98. The summed E-state index contributed by atoms with van der Waals surface area (Å²) in [4.78, 5) is 0.